The molecule has 6 rings (SSSR count). The number of nitriles is 1. The van der Waals surface area contributed by atoms with Gasteiger partial charge < -0.3 is 34.5 Å². The van der Waals surface area contributed by atoms with Gasteiger partial charge in [0.2, 0.25) is 17.7 Å². The number of rotatable bonds is 20. The first kappa shape index (κ1) is 53.0. The maximum Gasteiger partial charge on any atom is 0.417 e. The lowest BCUT2D eigenvalue weighted by molar-refractivity contribution is -0.144. The average Bonchev–Trinajstić information content (AvgIpc) is 3.98. The average molecular weight is 990 g/mol. The van der Waals surface area contributed by atoms with Crippen LogP contribution in [-0.4, -0.2) is 110 Å². The minimum Gasteiger partial charge on any atom is -0.491 e. The van der Waals surface area contributed by atoms with E-state index in [1.165, 1.54) is 24.8 Å². The van der Waals surface area contributed by atoms with Crippen molar-refractivity contribution in [3.05, 3.63) is 94.6 Å². The van der Waals surface area contributed by atoms with Crippen molar-refractivity contribution < 1.29 is 56.1 Å². The summed E-state index contributed by atoms with van der Waals surface area (Å²) in [5.41, 5.74) is 0.784. The Balaban J connectivity index is 0.867. The summed E-state index contributed by atoms with van der Waals surface area (Å²) in [5.74, 6) is -1.26. The number of alkyl halides is 3. The van der Waals surface area contributed by atoms with Crippen LogP contribution in [-0.2, 0) is 46.1 Å². The zero-order valence-corrected chi connectivity index (χ0v) is 41.0. The molecule has 70 heavy (non-hydrogen) atoms. The van der Waals surface area contributed by atoms with Crippen molar-refractivity contribution >= 4 is 52.4 Å². The first-order valence-corrected chi connectivity index (χ1v) is 23.6. The Bertz CT molecular complexity index is 2560. The topological polar surface area (TPSA) is 193 Å². The third kappa shape index (κ3) is 12.7. The third-order valence-corrected chi connectivity index (χ3v) is 12.8. The number of hydrogen-bond acceptors (Lipinski definition) is 12. The molecule has 6 amide bonds. The molecule has 1 unspecified atom stereocenters. The van der Waals surface area contributed by atoms with Crippen LogP contribution in [0.1, 0.15) is 70.3 Å². The zero-order valence-electron chi connectivity index (χ0n) is 40.2. The summed E-state index contributed by atoms with van der Waals surface area (Å²) in [5, 5.41) is 15.0. The van der Waals surface area contributed by atoms with Crippen molar-refractivity contribution in [3.63, 3.8) is 0 Å². The van der Waals surface area contributed by atoms with Crippen LogP contribution in [0.4, 0.5) is 29.3 Å². The molecule has 3 aromatic carbocycles. The molecule has 0 saturated carbocycles. The molecule has 0 spiro atoms. The van der Waals surface area contributed by atoms with Crippen molar-refractivity contribution in [3.8, 4) is 22.3 Å². The van der Waals surface area contributed by atoms with Gasteiger partial charge in [0.25, 0.3) is 5.91 Å². The predicted molar refractivity (Wildman–Crippen MR) is 255 cm³/mol. The van der Waals surface area contributed by atoms with Crippen LogP contribution >= 0.6 is 11.3 Å². The molecule has 2 aliphatic rings. The number of hydrogen-bond donors (Lipinski definition) is 2. The molecule has 1 aromatic heterocycles. The molecule has 2 aliphatic heterocycles. The highest BCUT2D eigenvalue weighted by Crippen LogP contribution is 2.40. The highest BCUT2D eigenvalue weighted by atomic mass is 32.1. The number of amides is 6. The molecule has 374 valence electrons. The SMILES string of the molecule is Cc1ncsc1-c1ccc(CNC(=O)[C@@H]2CC(C)CN2C(=O)[C@@H](NC(=O)COCCOCCOCCOc2ccc(N3C(=O)N(c4ccc(C#N)c(C(F)(F)F)c4)C(=O)C3(C)C)cc2)C(C)(C)C)cc1. The highest BCUT2D eigenvalue weighted by molar-refractivity contribution is 7.13. The van der Waals surface area contributed by atoms with Crippen molar-refractivity contribution in [1.29, 1.82) is 5.26 Å². The number of thiazole rings is 1. The number of halogens is 3. The summed E-state index contributed by atoms with van der Waals surface area (Å²) in [7, 11) is 0. The van der Waals surface area contributed by atoms with Crippen LogP contribution in [0, 0.1) is 29.6 Å². The van der Waals surface area contributed by atoms with Crippen LogP contribution in [0.15, 0.2) is 72.2 Å². The monoisotopic (exact) mass is 989 g/mol. The molecule has 2 fully saturated rings. The van der Waals surface area contributed by atoms with Gasteiger partial charge in [0, 0.05) is 18.8 Å². The van der Waals surface area contributed by atoms with Gasteiger partial charge in [0.05, 0.1) is 72.0 Å². The standard InChI is InChI=1S/C50H58F3N7O9S/c1-31-24-40(44(62)55-27-33-8-10-34(11-9-33)42-32(2)56-30-70-42)58(28-31)45(63)43(48(3,4)5)57-41(61)29-68-21-20-66-18-19-67-22-23-69-38-16-14-36(15-17-38)60-47(65)59(46(64)49(60,6)7)37-13-12-35(26-54)39(25-37)50(51,52)53/h8-17,25,30-31,40,43H,18-24,27-29H2,1-7H3,(H,55,62)(H,57,61)/t31?,40-,43+/m0/s1. The van der Waals surface area contributed by atoms with E-state index >= 15 is 0 Å². The van der Waals surface area contributed by atoms with Crippen molar-refractivity contribution in [1.82, 2.24) is 20.5 Å². The fourth-order valence-electron chi connectivity index (χ4n) is 8.19. The summed E-state index contributed by atoms with van der Waals surface area (Å²) in [6.07, 6.45) is -4.37. The van der Waals surface area contributed by atoms with Crippen LogP contribution < -0.4 is 25.2 Å². The third-order valence-electron chi connectivity index (χ3n) is 11.9. The van der Waals surface area contributed by atoms with E-state index in [4.69, 9.17) is 24.2 Å². The second kappa shape index (κ2) is 22.6. The van der Waals surface area contributed by atoms with E-state index in [0.717, 1.165) is 33.8 Å². The van der Waals surface area contributed by atoms with Gasteiger partial charge in [0.15, 0.2) is 0 Å². The van der Waals surface area contributed by atoms with Crippen molar-refractivity contribution in [2.45, 2.75) is 85.2 Å². The molecule has 20 heteroatoms. The number of urea groups is 1. The second-order valence-corrected chi connectivity index (χ2v) is 19.5. The van der Waals surface area contributed by atoms with Gasteiger partial charge in [-0.3, -0.25) is 24.1 Å². The van der Waals surface area contributed by atoms with E-state index in [0.29, 0.717) is 41.9 Å². The number of aromatic nitrogens is 1. The highest BCUT2D eigenvalue weighted by Gasteiger charge is 2.53. The van der Waals surface area contributed by atoms with Gasteiger partial charge in [-0.25, -0.2) is 14.7 Å². The molecule has 2 N–H and O–H groups in total. The number of aryl methyl sites for hydroxylation is 1. The van der Waals surface area contributed by atoms with Crippen LogP contribution in [0.3, 0.4) is 0 Å². The summed E-state index contributed by atoms with van der Waals surface area (Å²) in [4.78, 5) is 76.3. The smallest absolute Gasteiger partial charge is 0.417 e. The Morgan fingerprint density at radius 3 is 2.14 bits per heavy atom. The Labute approximate surface area is 409 Å². The van der Waals surface area contributed by atoms with Crippen LogP contribution in [0.2, 0.25) is 0 Å². The first-order chi connectivity index (χ1) is 33.1. The summed E-state index contributed by atoms with van der Waals surface area (Å²) >= 11 is 1.58. The van der Waals surface area contributed by atoms with E-state index < -0.39 is 58.2 Å². The number of ether oxygens (including phenoxy) is 4. The van der Waals surface area contributed by atoms with Crippen molar-refractivity contribution in [2.75, 3.05) is 62.6 Å². The number of nitrogens with one attached hydrogen (secondary N) is 2. The Kier molecular flexibility index (Phi) is 17.1. The summed E-state index contributed by atoms with van der Waals surface area (Å²) < 4.78 is 63.3. The Morgan fingerprint density at radius 1 is 0.914 bits per heavy atom. The zero-order chi connectivity index (χ0) is 51.0. The molecule has 2 saturated heterocycles. The number of likely N-dealkylation sites (tertiary alicyclic amines) is 1. The quantitative estimate of drug-likeness (QED) is 0.0669. The largest absolute Gasteiger partial charge is 0.491 e. The fraction of sp³-hybridized carbons (Fsp3) is 0.460. The normalized spacial score (nSPS) is 17.4. The van der Waals surface area contributed by atoms with E-state index in [2.05, 4.69) is 15.6 Å². The molecule has 3 atom stereocenters. The lowest BCUT2D eigenvalue weighted by atomic mass is 9.85. The lowest BCUT2D eigenvalue weighted by Crippen LogP contribution is -2.58. The van der Waals surface area contributed by atoms with Crippen LogP contribution in [0.25, 0.3) is 10.4 Å². The van der Waals surface area contributed by atoms with Gasteiger partial charge in [0.1, 0.15) is 36.6 Å². The number of imide groups is 1. The summed E-state index contributed by atoms with van der Waals surface area (Å²) in [6.45, 7) is 14.1. The molecular weight excluding hydrogens is 932 g/mol. The second-order valence-electron chi connectivity index (χ2n) is 18.7. The van der Waals surface area contributed by atoms with E-state index in [9.17, 15) is 37.1 Å². The molecule has 0 radical (unpaired) electrons. The van der Waals surface area contributed by atoms with Crippen molar-refractivity contribution in [2.24, 2.45) is 11.3 Å². The number of carbonyl (C=O) groups excluding carboxylic acids is 5. The van der Waals surface area contributed by atoms with E-state index in [-0.39, 0.29) is 69.7 Å². The maximum atomic E-state index is 14.0. The van der Waals surface area contributed by atoms with Gasteiger partial charge in [-0.15, -0.1) is 11.3 Å². The van der Waals surface area contributed by atoms with Gasteiger partial charge >= 0.3 is 12.2 Å². The molecule has 16 nitrogen and oxygen atoms in total. The van der Waals surface area contributed by atoms with E-state index in [1.54, 1.807) is 40.5 Å². The number of benzene rings is 3. The minimum atomic E-state index is -4.87. The first-order valence-electron chi connectivity index (χ1n) is 22.7. The number of anilines is 2. The molecule has 3 heterocycles. The summed E-state index contributed by atoms with van der Waals surface area (Å²) in [6, 6.07) is 16.0. The predicted octanol–water partition coefficient (Wildman–Crippen LogP) is 7.27. The molecule has 0 bridgehead atoms. The van der Waals surface area contributed by atoms with Gasteiger partial charge in [-0.05, 0) is 92.1 Å². The lowest BCUT2D eigenvalue weighted by Gasteiger charge is -2.35. The fourth-order valence-corrected chi connectivity index (χ4v) is 9.00. The molecular formula is C50H58F3N7O9S. The van der Waals surface area contributed by atoms with Gasteiger partial charge in [-0.1, -0.05) is 52.0 Å². The van der Waals surface area contributed by atoms with E-state index in [1.807, 2.05) is 64.4 Å². The van der Waals surface area contributed by atoms with Gasteiger partial charge in [-0.2, -0.15) is 18.4 Å². The Hall–Kier alpha value is -6.40. The molecule has 4 aromatic rings. The Morgan fingerprint density at radius 2 is 1.54 bits per heavy atom. The number of carbonyl (C=O) groups is 5. The minimum absolute atomic E-state index is 0.0930. The maximum absolute atomic E-state index is 14.0. The molecule has 0 aliphatic carbocycles. The number of nitrogens with zero attached hydrogens (tertiary/aromatic N) is 5. The van der Waals surface area contributed by atoms with Crippen LogP contribution in [0.5, 0.6) is 5.75 Å².